The lowest BCUT2D eigenvalue weighted by atomic mass is 9.95. The number of nitrogens with one attached hydrogen (secondary N) is 1. The lowest BCUT2D eigenvalue weighted by Crippen LogP contribution is -2.48. The molecule has 1 unspecified atom stereocenters. The molecule has 0 bridgehead atoms. The van der Waals surface area contributed by atoms with Gasteiger partial charge in [0, 0.05) is 57.6 Å². The van der Waals surface area contributed by atoms with Gasteiger partial charge in [0.05, 0.1) is 13.2 Å². The zero-order valence-electron chi connectivity index (χ0n) is 18.9. The average molecular weight is 423 g/mol. The summed E-state index contributed by atoms with van der Waals surface area (Å²) in [5.41, 5.74) is 4.72. The number of piperazine rings is 1. The maximum atomic E-state index is 12.8. The number of aryl methyl sites for hydroxylation is 1. The number of hydrogen-bond donors (Lipinski definition) is 1. The first-order chi connectivity index (χ1) is 15.0. The summed E-state index contributed by atoms with van der Waals surface area (Å²) >= 11 is 0. The molecular weight excluding hydrogens is 388 g/mol. The first kappa shape index (κ1) is 21.7. The van der Waals surface area contributed by atoms with E-state index in [1.54, 1.807) is 7.11 Å². The van der Waals surface area contributed by atoms with Crippen LogP contribution in [0.4, 0.5) is 5.69 Å². The smallest absolute Gasteiger partial charge is 0.251 e. The number of amides is 1. The fraction of sp³-hybridized carbons (Fsp3) is 0.480. The van der Waals surface area contributed by atoms with Crippen LogP contribution in [-0.4, -0.2) is 76.2 Å². The first-order valence-electron chi connectivity index (χ1n) is 11.2. The molecule has 6 heteroatoms. The number of carbonyl (C=O) groups excluding carboxylic acids is 1. The molecule has 0 radical (unpaired) electrons. The van der Waals surface area contributed by atoms with Crippen LogP contribution in [0.3, 0.4) is 0 Å². The Labute approximate surface area is 185 Å². The van der Waals surface area contributed by atoms with Crippen molar-refractivity contribution in [1.29, 1.82) is 0 Å². The van der Waals surface area contributed by atoms with Crippen molar-refractivity contribution in [1.82, 2.24) is 15.1 Å². The fourth-order valence-electron chi connectivity index (χ4n) is 4.64. The van der Waals surface area contributed by atoms with Crippen LogP contribution in [0.1, 0.15) is 33.9 Å². The monoisotopic (exact) mass is 422 g/mol. The largest absolute Gasteiger partial charge is 0.497 e. The van der Waals surface area contributed by atoms with Gasteiger partial charge in [-0.2, -0.15) is 0 Å². The van der Waals surface area contributed by atoms with Crippen molar-refractivity contribution in [2.24, 2.45) is 0 Å². The molecule has 166 valence electrons. The Morgan fingerprint density at radius 3 is 2.48 bits per heavy atom. The van der Waals surface area contributed by atoms with Crippen molar-refractivity contribution in [3.8, 4) is 5.75 Å². The van der Waals surface area contributed by atoms with E-state index in [4.69, 9.17) is 4.74 Å². The minimum atomic E-state index is -0.0422. The van der Waals surface area contributed by atoms with Gasteiger partial charge in [-0.15, -0.1) is 0 Å². The van der Waals surface area contributed by atoms with Gasteiger partial charge in [-0.05, 0) is 61.3 Å². The topological polar surface area (TPSA) is 48.1 Å². The van der Waals surface area contributed by atoms with E-state index in [0.29, 0.717) is 12.1 Å². The molecule has 0 aliphatic carbocycles. The summed E-state index contributed by atoms with van der Waals surface area (Å²) in [5.74, 6) is 0.713. The normalized spacial score (nSPS) is 18.4. The lowest BCUT2D eigenvalue weighted by molar-refractivity contribution is 0.0886. The van der Waals surface area contributed by atoms with Crippen molar-refractivity contribution in [3.05, 3.63) is 59.2 Å². The zero-order valence-corrected chi connectivity index (χ0v) is 18.9. The van der Waals surface area contributed by atoms with Crippen LogP contribution in [0.2, 0.25) is 0 Å². The van der Waals surface area contributed by atoms with Crippen molar-refractivity contribution in [2.45, 2.75) is 18.9 Å². The van der Waals surface area contributed by atoms with E-state index in [1.165, 1.54) is 23.2 Å². The second-order valence-electron chi connectivity index (χ2n) is 8.71. The first-order valence-corrected chi connectivity index (χ1v) is 11.2. The van der Waals surface area contributed by atoms with Gasteiger partial charge in [-0.3, -0.25) is 9.69 Å². The molecule has 1 atom stereocenters. The third-order valence-electron chi connectivity index (χ3n) is 6.63. The molecule has 1 N–H and O–H groups in total. The molecule has 2 aromatic carbocycles. The predicted molar refractivity (Wildman–Crippen MR) is 125 cm³/mol. The zero-order chi connectivity index (χ0) is 21.8. The Hall–Kier alpha value is -2.57. The van der Waals surface area contributed by atoms with Crippen molar-refractivity contribution >= 4 is 11.6 Å². The molecular formula is C25H34N4O2. The highest BCUT2D eigenvalue weighted by Gasteiger charge is 2.26. The van der Waals surface area contributed by atoms with Gasteiger partial charge in [0.15, 0.2) is 0 Å². The lowest BCUT2D eigenvalue weighted by Gasteiger charge is -2.39. The summed E-state index contributed by atoms with van der Waals surface area (Å²) in [6, 6.07) is 14.3. The van der Waals surface area contributed by atoms with Gasteiger partial charge in [0.25, 0.3) is 5.91 Å². The van der Waals surface area contributed by atoms with Gasteiger partial charge >= 0.3 is 0 Å². The quantitative estimate of drug-likeness (QED) is 0.776. The van der Waals surface area contributed by atoms with Crippen LogP contribution in [0.25, 0.3) is 0 Å². The van der Waals surface area contributed by atoms with E-state index >= 15 is 0 Å². The van der Waals surface area contributed by atoms with E-state index in [-0.39, 0.29) is 11.9 Å². The number of carbonyl (C=O) groups is 1. The van der Waals surface area contributed by atoms with Crippen LogP contribution in [-0.2, 0) is 6.42 Å². The van der Waals surface area contributed by atoms with E-state index < -0.39 is 0 Å². The predicted octanol–water partition coefficient (Wildman–Crippen LogP) is 2.80. The summed E-state index contributed by atoms with van der Waals surface area (Å²) < 4.78 is 5.20. The highest BCUT2D eigenvalue weighted by Crippen LogP contribution is 2.31. The third kappa shape index (κ3) is 5.02. The van der Waals surface area contributed by atoms with Crippen LogP contribution >= 0.6 is 0 Å². The summed E-state index contributed by atoms with van der Waals surface area (Å²) in [6.07, 6.45) is 2.32. The number of anilines is 1. The maximum absolute atomic E-state index is 12.8. The van der Waals surface area contributed by atoms with Crippen molar-refractivity contribution < 1.29 is 9.53 Å². The summed E-state index contributed by atoms with van der Waals surface area (Å²) in [6.45, 7) is 5.84. The van der Waals surface area contributed by atoms with E-state index in [9.17, 15) is 4.79 Å². The van der Waals surface area contributed by atoms with Crippen LogP contribution in [0.15, 0.2) is 42.5 Å². The molecule has 2 aliphatic heterocycles. The SMILES string of the molecule is COc1ccc(C(=O)NCC(c2ccc3c(c2)CCCN3C)N2CCN(C)CC2)cc1. The number of rotatable bonds is 6. The third-order valence-corrected chi connectivity index (χ3v) is 6.63. The van der Waals surface area contributed by atoms with Crippen molar-refractivity contribution in [2.75, 3.05) is 65.4 Å². The van der Waals surface area contributed by atoms with E-state index in [2.05, 4.69) is 52.3 Å². The standard InChI is InChI=1S/C25H34N4O2/c1-27-13-15-29(16-14-27)24(18-26-25(30)19-6-9-22(31-3)10-7-19)21-8-11-23-20(17-21)5-4-12-28(23)2/h6-11,17,24H,4-5,12-16,18H2,1-3H3,(H,26,30). The molecule has 0 saturated carbocycles. The minimum absolute atomic E-state index is 0.0422. The Morgan fingerprint density at radius 1 is 1.03 bits per heavy atom. The molecule has 4 rings (SSSR count). The van der Waals surface area contributed by atoms with Gasteiger partial charge in [0.1, 0.15) is 5.75 Å². The molecule has 1 fully saturated rings. The molecule has 0 spiro atoms. The van der Waals surface area contributed by atoms with Crippen LogP contribution in [0.5, 0.6) is 5.75 Å². The molecule has 2 heterocycles. The van der Waals surface area contributed by atoms with Gasteiger partial charge in [0.2, 0.25) is 0 Å². The number of fused-ring (bicyclic) bond motifs is 1. The van der Waals surface area contributed by atoms with E-state index in [0.717, 1.165) is 44.9 Å². The fourth-order valence-corrected chi connectivity index (χ4v) is 4.64. The number of ether oxygens (including phenoxy) is 1. The van der Waals surface area contributed by atoms with Gasteiger partial charge < -0.3 is 19.9 Å². The van der Waals surface area contributed by atoms with Crippen LogP contribution < -0.4 is 15.0 Å². The molecule has 2 aromatic rings. The summed E-state index contributed by atoms with van der Waals surface area (Å²) in [7, 11) is 5.98. The number of benzene rings is 2. The maximum Gasteiger partial charge on any atom is 0.251 e. The van der Waals surface area contributed by atoms with Crippen molar-refractivity contribution in [3.63, 3.8) is 0 Å². The highest BCUT2D eigenvalue weighted by atomic mass is 16.5. The number of hydrogen-bond acceptors (Lipinski definition) is 5. The Kier molecular flexibility index (Phi) is 6.78. The summed E-state index contributed by atoms with van der Waals surface area (Å²) in [4.78, 5) is 20.0. The second-order valence-corrected chi connectivity index (χ2v) is 8.71. The molecule has 1 saturated heterocycles. The minimum Gasteiger partial charge on any atom is -0.497 e. The molecule has 31 heavy (non-hydrogen) atoms. The molecule has 6 nitrogen and oxygen atoms in total. The molecule has 1 amide bonds. The Balaban J connectivity index is 1.52. The highest BCUT2D eigenvalue weighted by molar-refractivity contribution is 5.94. The Morgan fingerprint density at radius 2 is 1.77 bits per heavy atom. The number of likely N-dealkylation sites (N-methyl/N-ethyl adjacent to an activating group) is 1. The van der Waals surface area contributed by atoms with E-state index in [1.807, 2.05) is 24.3 Å². The van der Waals surface area contributed by atoms with Crippen LogP contribution in [0, 0.1) is 0 Å². The second kappa shape index (κ2) is 9.71. The van der Waals surface area contributed by atoms with Gasteiger partial charge in [-0.1, -0.05) is 12.1 Å². The van der Waals surface area contributed by atoms with Gasteiger partial charge in [-0.25, -0.2) is 0 Å². The molecule has 2 aliphatic rings. The average Bonchev–Trinajstić information content (AvgIpc) is 2.80. The number of methoxy groups -OCH3 is 1. The molecule has 0 aromatic heterocycles. The summed E-state index contributed by atoms with van der Waals surface area (Å²) in [5, 5.41) is 3.19. The Bertz CT molecular complexity index is 891. The number of nitrogens with zero attached hydrogens (tertiary/aromatic N) is 3.